The molecule has 0 aliphatic carbocycles. The van der Waals surface area contributed by atoms with Crippen molar-refractivity contribution in [2.45, 2.75) is 55.8 Å². The van der Waals surface area contributed by atoms with Crippen LogP contribution in [0.3, 0.4) is 0 Å². The van der Waals surface area contributed by atoms with Gasteiger partial charge in [0, 0.05) is 33.5 Å². The van der Waals surface area contributed by atoms with E-state index in [2.05, 4.69) is 44.7 Å². The minimum atomic E-state index is -0.318. The first-order valence-electron chi connectivity index (χ1n) is 10.2. The number of hydrogen-bond acceptors (Lipinski definition) is 7. The molecule has 1 aromatic carbocycles. The van der Waals surface area contributed by atoms with E-state index in [1.165, 1.54) is 33.8 Å². The number of ether oxygens (including phenoxy) is 1. The molecule has 30 heavy (non-hydrogen) atoms. The van der Waals surface area contributed by atoms with Crippen molar-refractivity contribution in [2.75, 3.05) is 13.1 Å². The lowest BCUT2D eigenvalue weighted by Gasteiger charge is -2.20. The zero-order valence-corrected chi connectivity index (χ0v) is 19.4. The number of carbonyl (C=O) groups is 1. The standard InChI is InChI=1S/C18H19N3S2.C5H10O2/c1-3-13-4-2-8-20-17(13)16(5-1)22-11-15-12-23-18(21-15)14-6-9-19-10-7-14;1-5(2,3)7-4-6/h1-5,8,12,14,19H,6-7,9-11H2;4H,1-3H3. The fourth-order valence-electron chi connectivity index (χ4n) is 3.13. The van der Waals surface area contributed by atoms with Crippen LogP contribution in [0.1, 0.15) is 50.2 Å². The second-order valence-corrected chi connectivity index (χ2v) is 10.1. The smallest absolute Gasteiger partial charge is 0.293 e. The molecule has 1 fully saturated rings. The van der Waals surface area contributed by atoms with Gasteiger partial charge in [0.05, 0.1) is 16.2 Å². The Balaban J connectivity index is 0.000000318. The molecule has 1 N–H and O–H groups in total. The first-order valence-corrected chi connectivity index (χ1v) is 12.1. The molecular formula is C23H29N3O2S2. The number of rotatable bonds is 5. The van der Waals surface area contributed by atoms with Crippen molar-refractivity contribution in [1.82, 2.24) is 15.3 Å². The van der Waals surface area contributed by atoms with Crippen LogP contribution in [0.4, 0.5) is 0 Å². The molecule has 3 heterocycles. The molecule has 1 aliphatic heterocycles. The van der Waals surface area contributed by atoms with E-state index in [1.807, 2.05) is 56.1 Å². The molecule has 0 atom stereocenters. The number of fused-ring (bicyclic) bond motifs is 1. The number of nitrogens with zero attached hydrogens (tertiary/aromatic N) is 2. The molecule has 4 rings (SSSR count). The van der Waals surface area contributed by atoms with Crippen LogP contribution >= 0.6 is 23.1 Å². The Hall–Kier alpha value is -1.96. The molecule has 1 aliphatic rings. The van der Waals surface area contributed by atoms with Crippen LogP contribution in [0.5, 0.6) is 0 Å². The third kappa shape index (κ3) is 6.79. The van der Waals surface area contributed by atoms with E-state index < -0.39 is 0 Å². The van der Waals surface area contributed by atoms with E-state index >= 15 is 0 Å². The van der Waals surface area contributed by atoms with Gasteiger partial charge in [-0.25, -0.2) is 4.98 Å². The average Bonchev–Trinajstić information content (AvgIpc) is 3.22. The molecule has 0 saturated carbocycles. The lowest BCUT2D eigenvalue weighted by atomic mass is 9.99. The summed E-state index contributed by atoms with van der Waals surface area (Å²) in [4.78, 5) is 20.2. The summed E-state index contributed by atoms with van der Waals surface area (Å²) >= 11 is 3.66. The maximum absolute atomic E-state index is 9.60. The predicted molar refractivity (Wildman–Crippen MR) is 125 cm³/mol. The SMILES string of the molecule is CC(C)(C)OC=O.c1cnc2c(SCc3csc(C4CCNCC4)n3)cccc2c1. The fourth-order valence-corrected chi connectivity index (χ4v) is 5.16. The fraction of sp³-hybridized carbons (Fsp3) is 0.435. The highest BCUT2D eigenvalue weighted by Gasteiger charge is 2.18. The molecule has 0 amide bonds. The van der Waals surface area contributed by atoms with Crippen LogP contribution in [0, 0.1) is 0 Å². The summed E-state index contributed by atoms with van der Waals surface area (Å²) in [6, 6.07) is 10.5. The highest BCUT2D eigenvalue weighted by molar-refractivity contribution is 7.98. The number of hydrogen-bond donors (Lipinski definition) is 1. The zero-order valence-electron chi connectivity index (χ0n) is 17.8. The van der Waals surface area contributed by atoms with Gasteiger partial charge in [0.15, 0.2) is 0 Å². The lowest BCUT2D eigenvalue weighted by Crippen LogP contribution is -2.26. The third-order valence-corrected chi connectivity index (χ3v) is 6.77. The summed E-state index contributed by atoms with van der Waals surface area (Å²) in [5.74, 6) is 1.57. The summed E-state index contributed by atoms with van der Waals surface area (Å²) in [6.45, 7) is 8.16. The quantitative estimate of drug-likeness (QED) is 0.420. The van der Waals surface area contributed by atoms with Gasteiger partial charge in [-0.05, 0) is 58.8 Å². The van der Waals surface area contributed by atoms with Crippen molar-refractivity contribution in [3.8, 4) is 0 Å². The summed E-state index contributed by atoms with van der Waals surface area (Å²) in [6.07, 6.45) is 4.30. The van der Waals surface area contributed by atoms with E-state index in [-0.39, 0.29) is 5.60 Å². The molecule has 3 aromatic rings. The average molecular weight is 444 g/mol. The maximum atomic E-state index is 9.60. The Morgan fingerprint density at radius 3 is 2.70 bits per heavy atom. The lowest BCUT2D eigenvalue weighted by molar-refractivity contribution is -0.138. The van der Waals surface area contributed by atoms with E-state index in [9.17, 15) is 4.79 Å². The highest BCUT2D eigenvalue weighted by atomic mass is 32.2. The van der Waals surface area contributed by atoms with Crippen molar-refractivity contribution in [3.63, 3.8) is 0 Å². The Labute approximate surface area is 186 Å². The van der Waals surface area contributed by atoms with Crippen molar-refractivity contribution < 1.29 is 9.53 Å². The molecule has 1 saturated heterocycles. The Kier molecular flexibility index (Phi) is 8.24. The Morgan fingerprint density at radius 2 is 2.00 bits per heavy atom. The molecule has 160 valence electrons. The number of nitrogens with one attached hydrogen (secondary N) is 1. The number of aromatic nitrogens is 2. The Morgan fingerprint density at radius 1 is 1.23 bits per heavy atom. The summed E-state index contributed by atoms with van der Waals surface area (Å²) in [5.41, 5.74) is 1.97. The minimum absolute atomic E-state index is 0.318. The first-order chi connectivity index (χ1) is 14.5. The number of piperidine rings is 1. The van der Waals surface area contributed by atoms with Gasteiger partial charge in [-0.2, -0.15) is 0 Å². The number of carbonyl (C=O) groups excluding carboxylic acids is 1. The molecule has 2 aromatic heterocycles. The van der Waals surface area contributed by atoms with Crippen molar-refractivity contribution in [3.05, 3.63) is 52.6 Å². The van der Waals surface area contributed by atoms with E-state index in [0.29, 0.717) is 12.4 Å². The van der Waals surface area contributed by atoms with E-state index in [4.69, 9.17) is 4.98 Å². The molecular weight excluding hydrogens is 414 g/mol. The molecule has 0 spiro atoms. The summed E-state index contributed by atoms with van der Waals surface area (Å²) in [5, 5.41) is 8.16. The van der Waals surface area contributed by atoms with Gasteiger partial charge in [0.1, 0.15) is 5.60 Å². The summed E-state index contributed by atoms with van der Waals surface area (Å²) < 4.78 is 4.55. The van der Waals surface area contributed by atoms with Crippen LogP contribution in [-0.4, -0.2) is 35.1 Å². The number of benzene rings is 1. The van der Waals surface area contributed by atoms with Gasteiger partial charge in [-0.3, -0.25) is 9.78 Å². The molecule has 0 unspecified atom stereocenters. The van der Waals surface area contributed by atoms with E-state index in [1.54, 1.807) is 0 Å². The molecule has 5 nitrogen and oxygen atoms in total. The van der Waals surface area contributed by atoms with Crippen molar-refractivity contribution in [1.29, 1.82) is 0 Å². The highest BCUT2D eigenvalue weighted by Crippen LogP contribution is 2.32. The number of thiazole rings is 1. The number of pyridine rings is 1. The monoisotopic (exact) mass is 443 g/mol. The first kappa shape index (κ1) is 22.7. The van der Waals surface area contributed by atoms with Gasteiger partial charge >= 0.3 is 0 Å². The van der Waals surface area contributed by atoms with Gasteiger partial charge < -0.3 is 10.1 Å². The molecule has 0 bridgehead atoms. The van der Waals surface area contributed by atoms with Gasteiger partial charge in [0.25, 0.3) is 6.47 Å². The second kappa shape index (κ2) is 10.9. The maximum Gasteiger partial charge on any atom is 0.293 e. The van der Waals surface area contributed by atoms with Crippen LogP contribution in [0.2, 0.25) is 0 Å². The van der Waals surface area contributed by atoms with Gasteiger partial charge in [-0.15, -0.1) is 23.1 Å². The van der Waals surface area contributed by atoms with Crippen molar-refractivity contribution >= 4 is 40.5 Å². The molecule has 0 radical (unpaired) electrons. The van der Waals surface area contributed by atoms with Gasteiger partial charge in [-0.1, -0.05) is 18.2 Å². The third-order valence-electron chi connectivity index (χ3n) is 4.63. The predicted octanol–water partition coefficient (Wildman–Crippen LogP) is 5.41. The topological polar surface area (TPSA) is 64.1 Å². The van der Waals surface area contributed by atoms with Crippen LogP contribution < -0.4 is 5.32 Å². The van der Waals surface area contributed by atoms with Crippen LogP contribution in [-0.2, 0) is 15.3 Å². The normalized spacial score (nSPS) is 14.8. The van der Waals surface area contributed by atoms with Gasteiger partial charge in [0.2, 0.25) is 0 Å². The summed E-state index contributed by atoms with van der Waals surface area (Å²) in [7, 11) is 0. The zero-order chi connectivity index (χ0) is 21.4. The largest absolute Gasteiger partial charge is 0.462 e. The minimum Gasteiger partial charge on any atom is -0.462 e. The van der Waals surface area contributed by atoms with E-state index in [0.717, 1.165) is 24.4 Å². The number of para-hydroxylation sites is 1. The van der Waals surface area contributed by atoms with Crippen LogP contribution in [0.15, 0.2) is 46.8 Å². The second-order valence-electron chi connectivity index (χ2n) is 8.15. The molecule has 7 heteroatoms. The Bertz CT molecular complexity index is 942. The van der Waals surface area contributed by atoms with Crippen LogP contribution in [0.25, 0.3) is 10.9 Å². The van der Waals surface area contributed by atoms with Crippen molar-refractivity contribution in [2.24, 2.45) is 0 Å². The number of thioether (sulfide) groups is 1.